The Hall–Kier alpha value is -0.380. The van der Waals surface area contributed by atoms with Gasteiger partial charge in [-0.2, -0.15) is 0 Å². The van der Waals surface area contributed by atoms with Crippen LogP contribution >= 0.6 is 15.9 Å². The lowest BCUT2D eigenvalue weighted by atomic mass is 10.1. The SMILES string of the molecule is O[C@@H]1Cc2cc(Br)ccc2[C@@H]1O. The lowest BCUT2D eigenvalue weighted by Gasteiger charge is -2.06. The van der Waals surface area contributed by atoms with Gasteiger partial charge in [0.25, 0.3) is 0 Å². The quantitative estimate of drug-likeness (QED) is 0.705. The van der Waals surface area contributed by atoms with Gasteiger partial charge in [-0.3, -0.25) is 0 Å². The molecule has 0 fully saturated rings. The van der Waals surface area contributed by atoms with Crippen molar-refractivity contribution in [1.82, 2.24) is 0 Å². The molecule has 0 spiro atoms. The number of fused-ring (bicyclic) bond motifs is 1. The van der Waals surface area contributed by atoms with Crippen LogP contribution in [0.4, 0.5) is 0 Å². The molecule has 0 aliphatic heterocycles. The standard InChI is InChI=1S/C9H9BrO2/c10-6-1-2-7-5(3-6)4-8(11)9(7)12/h1-3,8-9,11-12H,4H2/t8-,9+/m1/s1. The van der Waals surface area contributed by atoms with Crippen molar-refractivity contribution in [3.8, 4) is 0 Å². The average Bonchev–Trinajstić information content (AvgIpc) is 2.28. The topological polar surface area (TPSA) is 40.5 Å². The molecule has 0 amide bonds. The third-order valence-corrected chi connectivity index (χ3v) is 2.71. The molecule has 12 heavy (non-hydrogen) atoms. The normalized spacial score (nSPS) is 27.2. The summed E-state index contributed by atoms with van der Waals surface area (Å²) in [4.78, 5) is 0. The number of benzene rings is 1. The maximum Gasteiger partial charge on any atom is 0.105 e. The van der Waals surface area contributed by atoms with Crippen LogP contribution in [0.15, 0.2) is 22.7 Å². The molecule has 0 bridgehead atoms. The summed E-state index contributed by atoms with van der Waals surface area (Å²) < 4.78 is 0.988. The van der Waals surface area contributed by atoms with Crippen molar-refractivity contribution in [2.24, 2.45) is 0 Å². The molecule has 0 saturated heterocycles. The van der Waals surface area contributed by atoms with E-state index in [2.05, 4.69) is 15.9 Å². The van der Waals surface area contributed by atoms with Gasteiger partial charge in [0.15, 0.2) is 0 Å². The molecule has 0 heterocycles. The summed E-state index contributed by atoms with van der Waals surface area (Å²) in [5.74, 6) is 0. The fraction of sp³-hybridized carbons (Fsp3) is 0.333. The van der Waals surface area contributed by atoms with E-state index in [1.165, 1.54) is 0 Å². The number of halogens is 1. The van der Waals surface area contributed by atoms with Gasteiger partial charge in [-0.25, -0.2) is 0 Å². The van der Waals surface area contributed by atoms with Crippen molar-refractivity contribution in [3.63, 3.8) is 0 Å². The van der Waals surface area contributed by atoms with Crippen molar-refractivity contribution >= 4 is 15.9 Å². The van der Waals surface area contributed by atoms with E-state index in [4.69, 9.17) is 0 Å². The minimum Gasteiger partial charge on any atom is -0.390 e. The molecular weight excluding hydrogens is 220 g/mol. The second-order valence-corrected chi connectivity index (χ2v) is 3.98. The summed E-state index contributed by atoms with van der Waals surface area (Å²) in [6.07, 6.45) is -0.780. The Balaban J connectivity index is 2.47. The van der Waals surface area contributed by atoms with Gasteiger partial charge in [-0.05, 0) is 23.3 Å². The van der Waals surface area contributed by atoms with E-state index >= 15 is 0 Å². The first-order valence-corrected chi connectivity index (χ1v) is 4.62. The van der Waals surface area contributed by atoms with Crippen molar-refractivity contribution in [1.29, 1.82) is 0 Å². The van der Waals surface area contributed by atoms with E-state index in [9.17, 15) is 10.2 Å². The fourth-order valence-corrected chi connectivity index (χ4v) is 1.99. The Morgan fingerprint density at radius 3 is 2.83 bits per heavy atom. The minimum atomic E-state index is -0.701. The van der Waals surface area contributed by atoms with Gasteiger partial charge in [0, 0.05) is 10.9 Å². The van der Waals surface area contributed by atoms with Gasteiger partial charge in [-0.15, -0.1) is 0 Å². The van der Waals surface area contributed by atoms with Crippen LogP contribution in [0, 0.1) is 0 Å². The molecule has 1 aromatic carbocycles. The molecule has 1 aromatic rings. The monoisotopic (exact) mass is 228 g/mol. The lowest BCUT2D eigenvalue weighted by molar-refractivity contribution is 0.0326. The van der Waals surface area contributed by atoms with Gasteiger partial charge < -0.3 is 10.2 Å². The molecule has 0 unspecified atom stereocenters. The molecule has 2 nitrogen and oxygen atoms in total. The number of aliphatic hydroxyl groups is 2. The van der Waals surface area contributed by atoms with Crippen molar-refractivity contribution in [2.45, 2.75) is 18.6 Å². The van der Waals surface area contributed by atoms with E-state index in [0.29, 0.717) is 6.42 Å². The Bertz CT molecular complexity index is 311. The van der Waals surface area contributed by atoms with Crippen LogP contribution in [0.2, 0.25) is 0 Å². The van der Waals surface area contributed by atoms with Gasteiger partial charge >= 0.3 is 0 Å². The maximum absolute atomic E-state index is 9.48. The highest BCUT2D eigenvalue weighted by Gasteiger charge is 2.28. The molecule has 0 saturated carbocycles. The zero-order chi connectivity index (χ0) is 8.72. The van der Waals surface area contributed by atoms with Crippen molar-refractivity contribution < 1.29 is 10.2 Å². The molecule has 0 aromatic heterocycles. The third-order valence-electron chi connectivity index (χ3n) is 2.22. The second-order valence-electron chi connectivity index (χ2n) is 3.06. The van der Waals surface area contributed by atoms with E-state index in [-0.39, 0.29) is 0 Å². The van der Waals surface area contributed by atoms with Crippen LogP contribution < -0.4 is 0 Å². The zero-order valence-electron chi connectivity index (χ0n) is 6.37. The zero-order valence-corrected chi connectivity index (χ0v) is 7.95. The Morgan fingerprint density at radius 1 is 1.33 bits per heavy atom. The van der Waals surface area contributed by atoms with Crippen molar-refractivity contribution in [2.75, 3.05) is 0 Å². The summed E-state index contributed by atoms with van der Waals surface area (Å²) in [7, 11) is 0. The van der Waals surface area contributed by atoms with E-state index < -0.39 is 12.2 Å². The highest BCUT2D eigenvalue weighted by atomic mass is 79.9. The Labute approximate surface area is 79.0 Å². The molecule has 1 aliphatic carbocycles. The van der Waals surface area contributed by atoms with Gasteiger partial charge in [-0.1, -0.05) is 22.0 Å². The molecule has 1 aliphatic rings. The highest BCUT2D eigenvalue weighted by molar-refractivity contribution is 9.10. The third kappa shape index (κ3) is 1.18. The first kappa shape index (κ1) is 8.23. The fourth-order valence-electron chi connectivity index (χ4n) is 1.58. The summed E-state index contributed by atoms with van der Waals surface area (Å²) in [5.41, 5.74) is 1.88. The predicted molar refractivity (Wildman–Crippen MR) is 48.8 cm³/mol. The van der Waals surface area contributed by atoms with Crippen LogP contribution in [0.1, 0.15) is 17.2 Å². The summed E-state index contributed by atoms with van der Waals surface area (Å²) >= 11 is 3.34. The summed E-state index contributed by atoms with van der Waals surface area (Å²) in [6, 6.07) is 5.66. The number of aliphatic hydroxyl groups excluding tert-OH is 2. The Morgan fingerprint density at radius 2 is 2.08 bits per heavy atom. The highest BCUT2D eigenvalue weighted by Crippen LogP contribution is 2.32. The summed E-state index contributed by atoms with van der Waals surface area (Å²) in [6.45, 7) is 0. The molecule has 3 heteroatoms. The smallest absolute Gasteiger partial charge is 0.105 e. The molecule has 2 rings (SSSR count). The first-order valence-electron chi connectivity index (χ1n) is 3.83. The summed E-state index contributed by atoms with van der Waals surface area (Å²) in [5, 5.41) is 18.8. The maximum atomic E-state index is 9.48. The van der Waals surface area contributed by atoms with E-state index in [1.807, 2.05) is 18.2 Å². The molecule has 2 atom stereocenters. The first-order chi connectivity index (χ1) is 5.68. The van der Waals surface area contributed by atoms with Gasteiger partial charge in [0.1, 0.15) is 6.10 Å². The van der Waals surface area contributed by atoms with Crippen LogP contribution in [-0.4, -0.2) is 16.3 Å². The van der Waals surface area contributed by atoms with Crippen molar-refractivity contribution in [3.05, 3.63) is 33.8 Å². The average molecular weight is 229 g/mol. The minimum absolute atomic E-state index is 0.552. The lowest BCUT2D eigenvalue weighted by Crippen LogP contribution is -2.11. The second kappa shape index (κ2) is 2.83. The largest absolute Gasteiger partial charge is 0.390 e. The Kier molecular flexibility index (Phi) is 1.94. The molecule has 64 valence electrons. The van der Waals surface area contributed by atoms with E-state index in [0.717, 1.165) is 15.6 Å². The number of hydrogen-bond acceptors (Lipinski definition) is 2. The van der Waals surface area contributed by atoms with Crippen LogP contribution in [-0.2, 0) is 6.42 Å². The van der Waals surface area contributed by atoms with Crippen LogP contribution in [0.5, 0.6) is 0 Å². The van der Waals surface area contributed by atoms with E-state index in [1.54, 1.807) is 0 Å². The number of rotatable bonds is 0. The van der Waals surface area contributed by atoms with Crippen LogP contribution in [0.25, 0.3) is 0 Å². The van der Waals surface area contributed by atoms with Gasteiger partial charge in [0.2, 0.25) is 0 Å². The number of hydrogen-bond donors (Lipinski definition) is 2. The van der Waals surface area contributed by atoms with Crippen LogP contribution in [0.3, 0.4) is 0 Å². The predicted octanol–water partition coefficient (Wildman–Crippen LogP) is 1.40. The molecule has 0 radical (unpaired) electrons. The molecular formula is C9H9BrO2. The van der Waals surface area contributed by atoms with Gasteiger partial charge in [0.05, 0.1) is 6.10 Å². The molecule has 2 N–H and O–H groups in total.